The number of alkyl halides is 1. The Bertz CT molecular complexity index is 494. The second-order valence-electron chi connectivity index (χ2n) is 2.69. The van der Waals surface area contributed by atoms with Crippen molar-refractivity contribution in [3.05, 3.63) is 33.9 Å². The van der Waals surface area contributed by atoms with Crippen LogP contribution in [0, 0.1) is 10.1 Å². The van der Waals surface area contributed by atoms with E-state index in [2.05, 4.69) is 4.98 Å². The zero-order chi connectivity index (χ0) is 10.1. The van der Waals surface area contributed by atoms with E-state index in [-0.39, 0.29) is 5.58 Å². The molecule has 0 aliphatic rings. The minimum atomic E-state index is -0.727. The third-order valence-corrected chi connectivity index (χ3v) is 1.75. The normalized spacial score (nSPS) is 10.6. The first-order chi connectivity index (χ1) is 6.70. The average molecular weight is 196 g/mol. The zero-order valence-electron chi connectivity index (χ0n) is 6.94. The van der Waals surface area contributed by atoms with Crippen LogP contribution in [0.25, 0.3) is 11.1 Å². The van der Waals surface area contributed by atoms with E-state index in [4.69, 9.17) is 4.42 Å². The third kappa shape index (κ3) is 1.30. The molecule has 0 aliphatic carbocycles. The van der Waals surface area contributed by atoms with Crippen LogP contribution >= 0.6 is 0 Å². The summed E-state index contributed by atoms with van der Waals surface area (Å²) in [6.45, 7) is -0.634. The van der Waals surface area contributed by atoms with Gasteiger partial charge in [-0.05, 0) is 17.7 Å². The fourth-order valence-corrected chi connectivity index (χ4v) is 1.12. The van der Waals surface area contributed by atoms with Gasteiger partial charge in [-0.1, -0.05) is 6.07 Å². The van der Waals surface area contributed by atoms with E-state index in [0.717, 1.165) is 0 Å². The van der Waals surface area contributed by atoms with Gasteiger partial charge in [-0.2, -0.15) is 0 Å². The summed E-state index contributed by atoms with van der Waals surface area (Å²) in [4.78, 5) is 13.2. The number of oxazole rings is 1. The van der Waals surface area contributed by atoms with E-state index >= 15 is 0 Å². The number of rotatable bonds is 2. The summed E-state index contributed by atoms with van der Waals surface area (Å²) in [6.07, 6.45) is 0. The molecule has 0 spiro atoms. The van der Waals surface area contributed by atoms with Crippen LogP contribution < -0.4 is 0 Å². The fourth-order valence-electron chi connectivity index (χ4n) is 1.12. The maximum Gasteiger partial charge on any atom is 0.546 e. The first-order valence-corrected chi connectivity index (χ1v) is 3.80. The highest BCUT2D eigenvalue weighted by molar-refractivity contribution is 5.74. The van der Waals surface area contributed by atoms with Gasteiger partial charge in [0, 0.05) is 9.91 Å². The maximum atomic E-state index is 12.2. The maximum absolute atomic E-state index is 12.2. The van der Waals surface area contributed by atoms with Crippen LogP contribution in [-0.4, -0.2) is 9.91 Å². The minimum absolute atomic E-state index is 0.229. The smallest absolute Gasteiger partial charge is 0.381 e. The summed E-state index contributed by atoms with van der Waals surface area (Å²) in [6, 6.07) is 3.82. The summed E-state index contributed by atoms with van der Waals surface area (Å²) in [7, 11) is 0. The highest BCUT2D eigenvalue weighted by Crippen LogP contribution is 2.21. The van der Waals surface area contributed by atoms with Crippen molar-refractivity contribution in [3.8, 4) is 0 Å². The van der Waals surface area contributed by atoms with Crippen LogP contribution in [0.5, 0.6) is 0 Å². The number of nitrogens with zero attached hydrogens (tertiary/aromatic N) is 2. The van der Waals surface area contributed by atoms with Gasteiger partial charge in [0.25, 0.3) is 0 Å². The number of fused-ring (bicyclic) bond motifs is 1. The second-order valence-corrected chi connectivity index (χ2v) is 2.69. The van der Waals surface area contributed by atoms with Crippen molar-refractivity contribution >= 4 is 17.1 Å². The summed E-state index contributed by atoms with van der Waals surface area (Å²) in [5.41, 5.74) is 0.990. The van der Waals surface area contributed by atoms with Gasteiger partial charge in [0.15, 0.2) is 5.58 Å². The summed E-state index contributed by atoms with van der Waals surface area (Å²) >= 11 is 0. The van der Waals surface area contributed by atoms with Crippen molar-refractivity contribution in [2.24, 2.45) is 0 Å². The Hall–Kier alpha value is -1.98. The number of hydrogen-bond donors (Lipinski definition) is 0. The summed E-state index contributed by atoms with van der Waals surface area (Å²) < 4.78 is 17.0. The van der Waals surface area contributed by atoms with Gasteiger partial charge in [-0.25, -0.2) is 4.39 Å². The molecule has 0 bridgehead atoms. The molecule has 0 saturated carbocycles. The largest absolute Gasteiger partial charge is 0.546 e. The predicted octanol–water partition coefficient (Wildman–Crippen LogP) is 2.21. The predicted molar refractivity (Wildman–Crippen MR) is 45.5 cm³/mol. The number of halogens is 1. The van der Waals surface area contributed by atoms with Gasteiger partial charge >= 0.3 is 6.01 Å². The molecule has 0 aliphatic heterocycles. The molecule has 0 atom stereocenters. The highest BCUT2D eigenvalue weighted by Gasteiger charge is 2.17. The molecule has 0 fully saturated rings. The fraction of sp³-hybridized carbons (Fsp3) is 0.125. The lowest BCUT2D eigenvalue weighted by Gasteiger charge is -1.88. The molecule has 14 heavy (non-hydrogen) atoms. The molecule has 0 radical (unpaired) electrons. The topological polar surface area (TPSA) is 69.2 Å². The standard InChI is InChI=1S/C8H5FN2O3/c9-4-5-1-2-6-7(3-5)14-8(10-6)11(12)13/h1-3H,4H2. The number of hydrogen-bond acceptors (Lipinski definition) is 4. The lowest BCUT2D eigenvalue weighted by molar-refractivity contribution is -0.406. The molecule has 0 saturated heterocycles. The molecule has 2 aromatic rings. The van der Waals surface area contributed by atoms with Crippen molar-refractivity contribution in [2.75, 3.05) is 0 Å². The molecule has 1 aromatic heterocycles. The molecule has 5 nitrogen and oxygen atoms in total. The monoisotopic (exact) mass is 196 g/mol. The van der Waals surface area contributed by atoms with Crippen molar-refractivity contribution < 1.29 is 13.7 Å². The van der Waals surface area contributed by atoms with Crippen LogP contribution in [0.4, 0.5) is 10.4 Å². The van der Waals surface area contributed by atoms with Crippen LogP contribution in [0.3, 0.4) is 0 Å². The SMILES string of the molecule is O=[N+]([O-])c1nc2ccc(CF)cc2o1. The van der Waals surface area contributed by atoms with Crippen LogP contribution in [0.2, 0.25) is 0 Å². The highest BCUT2D eigenvalue weighted by atomic mass is 19.1. The number of nitro groups is 1. The second kappa shape index (κ2) is 3.06. The summed E-state index contributed by atoms with van der Waals surface area (Å²) in [5.74, 6) is 0. The lowest BCUT2D eigenvalue weighted by atomic mass is 10.2. The molecule has 0 unspecified atom stereocenters. The van der Waals surface area contributed by atoms with Crippen molar-refractivity contribution in [3.63, 3.8) is 0 Å². The molecule has 2 rings (SSSR count). The van der Waals surface area contributed by atoms with Crippen molar-refractivity contribution in [2.45, 2.75) is 6.67 Å². The van der Waals surface area contributed by atoms with E-state index in [0.29, 0.717) is 11.1 Å². The van der Waals surface area contributed by atoms with Gasteiger partial charge in [-0.3, -0.25) is 0 Å². The Balaban J connectivity index is 2.60. The molecular formula is C8H5FN2O3. The van der Waals surface area contributed by atoms with E-state index < -0.39 is 17.6 Å². The van der Waals surface area contributed by atoms with Gasteiger partial charge < -0.3 is 14.5 Å². The molecule has 1 aromatic carbocycles. The molecule has 0 amide bonds. The number of benzene rings is 1. The van der Waals surface area contributed by atoms with Crippen LogP contribution in [0.1, 0.15) is 5.56 Å². The lowest BCUT2D eigenvalue weighted by Crippen LogP contribution is -1.85. The molecule has 72 valence electrons. The van der Waals surface area contributed by atoms with Crippen LogP contribution in [-0.2, 0) is 6.67 Å². The Morgan fingerprint density at radius 2 is 2.36 bits per heavy atom. The van der Waals surface area contributed by atoms with E-state index in [1.165, 1.54) is 18.2 Å². The quantitative estimate of drug-likeness (QED) is 0.545. The first-order valence-electron chi connectivity index (χ1n) is 3.80. The van der Waals surface area contributed by atoms with Gasteiger partial charge in [0.2, 0.25) is 5.52 Å². The molecule has 0 N–H and O–H groups in total. The summed E-state index contributed by atoms with van der Waals surface area (Å²) in [5, 5.41) is 10.3. The number of aromatic nitrogens is 1. The first kappa shape index (κ1) is 8.61. The molecular weight excluding hydrogens is 191 g/mol. The zero-order valence-corrected chi connectivity index (χ0v) is 6.94. The Morgan fingerprint density at radius 3 is 3.00 bits per heavy atom. The average Bonchev–Trinajstić information content (AvgIpc) is 2.59. The van der Waals surface area contributed by atoms with Gasteiger partial charge in [0.1, 0.15) is 6.67 Å². The van der Waals surface area contributed by atoms with Crippen molar-refractivity contribution in [1.82, 2.24) is 4.98 Å². The van der Waals surface area contributed by atoms with E-state index in [1.807, 2.05) is 0 Å². The third-order valence-electron chi connectivity index (χ3n) is 1.75. The van der Waals surface area contributed by atoms with Gasteiger partial charge in [-0.15, -0.1) is 0 Å². The minimum Gasteiger partial charge on any atom is -0.381 e. The Labute approximate surface area is 77.3 Å². The Kier molecular flexibility index (Phi) is 1.88. The molecule has 1 heterocycles. The molecule has 6 heteroatoms. The van der Waals surface area contributed by atoms with E-state index in [9.17, 15) is 14.5 Å². The van der Waals surface area contributed by atoms with Gasteiger partial charge in [0.05, 0.1) is 0 Å². The van der Waals surface area contributed by atoms with E-state index in [1.54, 1.807) is 0 Å². The van der Waals surface area contributed by atoms with Crippen LogP contribution in [0.15, 0.2) is 22.6 Å². The Morgan fingerprint density at radius 1 is 1.57 bits per heavy atom. The van der Waals surface area contributed by atoms with Crippen molar-refractivity contribution in [1.29, 1.82) is 0 Å².